The van der Waals surface area contributed by atoms with Crippen LogP contribution in [0.5, 0.6) is 0 Å². The molecule has 2 heterocycles. The number of likely N-dealkylation sites (tertiary alicyclic amines) is 2. The number of hydrogen-bond donors (Lipinski definition) is 0. The van der Waals surface area contributed by atoms with E-state index in [9.17, 15) is 0 Å². The Balaban J connectivity index is 0.000000531. The first-order chi connectivity index (χ1) is 7.30. The Morgan fingerprint density at radius 3 is 1.73 bits per heavy atom. The van der Waals surface area contributed by atoms with Gasteiger partial charge >= 0.3 is 0 Å². The third-order valence-corrected chi connectivity index (χ3v) is 4.13. The average molecular weight is 212 g/mol. The van der Waals surface area contributed by atoms with E-state index in [4.69, 9.17) is 0 Å². The summed E-state index contributed by atoms with van der Waals surface area (Å²) in [5, 5.41) is 0. The zero-order valence-electron chi connectivity index (χ0n) is 11.1. The summed E-state index contributed by atoms with van der Waals surface area (Å²) in [6.07, 6.45) is 4.28. The SMILES string of the molecule is CC.CCN1CCC2(CC1)CCN2CC. The van der Waals surface area contributed by atoms with Gasteiger partial charge in [-0.05, 0) is 45.4 Å². The van der Waals surface area contributed by atoms with Crippen molar-refractivity contribution in [2.45, 2.75) is 52.5 Å². The second kappa shape index (κ2) is 5.86. The van der Waals surface area contributed by atoms with Gasteiger partial charge in [-0.2, -0.15) is 0 Å². The minimum atomic E-state index is 0.639. The maximum atomic E-state index is 2.68. The third kappa shape index (κ3) is 2.54. The topological polar surface area (TPSA) is 6.48 Å². The van der Waals surface area contributed by atoms with E-state index in [0.29, 0.717) is 5.54 Å². The molecule has 2 aliphatic heterocycles. The van der Waals surface area contributed by atoms with E-state index in [1.807, 2.05) is 13.8 Å². The third-order valence-electron chi connectivity index (χ3n) is 4.13. The first-order valence-corrected chi connectivity index (χ1v) is 6.78. The number of hydrogen-bond acceptors (Lipinski definition) is 2. The van der Waals surface area contributed by atoms with Gasteiger partial charge in [0.05, 0.1) is 0 Å². The highest BCUT2D eigenvalue weighted by Gasteiger charge is 2.44. The Morgan fingerprint density at radius 2 is 1.40 bits per heavy atom. The van der Waals surface area contributed by atoms with E-state index < -0.39 is 0 Å². The lowest BCUT2D eigenvalue weighted by atomic mass is 9.76. The minimum absolute atomic E-state index is 0.639. The highest BCUT2D eigenvalue weighted by atomic mass is 15.3. The largest absolute Gasteiger partial charge is 0.303 e. The number of nitrogens with zero attached hydrogens (tertiary/aromatic N) is 2. The second-order valence-corrected chi connectivity index (χ2v) is 4.49. The number of rotatable bonds is 2. The van der Waals surface area contributed by atoms with Crippen molar-refractivity contribution in [3.63, 3.8) is 0 Å². The van der Waals surface area contributed by atoms with Crippen LogP contribution in [0, 0.1) is 0 Å². The summed E-state index contributed by atoms with van der Waals surface area (Å²) < 4.78 is 0. The van der Waals surface area contributed by atoms with E-state index in [2.05, 4.69) is 23.6 Å². The smallest absolute Gasteiger partial charge is 0.0246 e. The van der Waals surface area contributed by atoms with Crippen LogP contribution in [0.15, 0.2) is 0 Å². The van der Waals surface area contributed by atoms with Gasteiger partial charge in [0.25, 0.3) is 0 Å². The summed E-state index contributed by atoms with van der Waals surface area (Å²) in [4.78, 5) is 5.26. The van der Waals surface area contributed by atoms with Gasteiger partial charge in [-0.25, -0.2) is 0 Å². The summed E-state index contributed by atoms with van der Waals surface area (Å²) in [6, 6.07) is 0. The molecule has 0 unspecified atom stereocenters. The molecule has 0 aromatic heterocycles. The Kier molecular flexibility index (Phi) is 5.07. The summed E-state index contributed by atoms with van der Waals surface area (Å²) in [5.41, 5.74) is 0.639. The van der Waals surface area contributed by atoms with E-state index in [-0.39, 0.29) is 0 Å². The van der Waals surface area contributed by atoms with Crippen molar-refractivity contribution >= 4 is 0 Å². The van der Waals surface area contributed by atoms with Gasteiger partial charge in [0.2, 0.25) is 0 Å². The van der Waals surface area contributed by atoms with Gasteiger partial charge in [0.1, 0.15) is 0 Å². The van der Waals surface area contributed by atoms with Crippen LogP contribution in [-0.4, -0.2) is 48.1 Å². The molecule has 2 saturated heterocycles. The van der Waals surface area contributed by atoms with Crippen molar-refractivity contribution in [3.8, 4) is 0 Å². The molecule has 0 aromatic rings. The average Bonchev–Trinajstić information content (AvgIpc) is 2.31. The molecular weight excluding hydrogens is 184 g/mol. The quantitative estimate of drug-likeness (QED) is 0.694. The molecular formula is C13H28N2. The molecule has 0 radical (unpaired) electrons. The first-order valence-electron chi connectivity index (χ1n) is 6.78. The summed E-state index contributed by atoms with van der Waals surface area (Å²) >= 11 is 0. The number of piperidine rings is 1. The monoisotopic (exact) mass is 212 g/mol. The predicted molar refractivity (Wildman–Crippen MR) is 67.3 cm³/mol. The Morgan fingerprint density at radius 1 is 0.867 bits per heavy atom. The van der Waals surface area contributed by atoms with E-state index in [1.54, 1.807) is 0 Å². The van der Waals surface area contributed by atoms with Crippen LogP contribution in [0.3, 0.4) is 0 Å². The molecule has 0 N–H and O–H groups in total. The molecule has 2 heteroatoms. The molecule has 0 saturated carbocycles. The van der Waals surface area contributed by atoms with E-state index in [1.165, 1.54) is 52.0 Å². The molecule has 2 rings (SSSR count). The molecule has 1 spiro atoms. The van der Waals surface area contributed by atoms with Crippen molar-refractivity contribution in [2.24, 2.45) is 0 Å². The fourth-order valence-corrected chi connectivity index (χ4v) is 2.93. The molecule has 2 aliphatic rings. The van der Waals surface area contributed by atoms with Gasteiger partial charge in [0.15, 0.2) is 0 Å². The van der Waals surface area contributed by atoms with Crippen molar-refractivity contribution < 1.29 is 0 Å². The van der Waals surface area contributed by atoms with Crippen LogP contribution in [0.1, 0.15) is 47.0 Å². The molecule has 0 amide bonds. The molecule has 0 bridgehead atoms. The van der Waals surface area contributed by atoms with Gasteiger partial charge in [-0.1, -0.05) is 27.7 Å². The summed E-state index contributed by atoms with van der Waals surface area (Å²) in [6.45, 7) is 15.1. The Labute approximate surface area is 95.6 Å². The second-order valence-electron chi connectivity index (χ2n) is 4.49. The Bertz CT molecular complexity index is 169. The lowest BCUT2D eigenvalue weighted by molar-refractivity contribution is -0.0540. The van der Waals surface area contributed by atoms with Gasteiger partial charge in [-0.15, -0.1) is 0 Å². The van der Waals surface area contributed by atoms with Crippen LogP contribution < -0.4 is 0 Å². The molecule has 0 aromatic carbocycles. The van der Waals surface area contributed by atoms with Crippen LogP contribution in [0.4, 0.5) is 0 Å². The zero-order chi connectivity index (χ0) is 11.3. The predicted octanol–water partition coefficient (Wildman–Crippen LogP) is 2.59. The maximum Gasteiger partial charge on any atom is 0.0246 e. The van der Waals surface area contributed by atoms with Crippen LogP contribution in [0.2, 0.25) is 0 Å². The zero-order valence-corrected chi connectivity index (χ0v) is 11.1. The van der Waals surface area contributed by atoms with E-state index >= 15 is 0 Å². The van der Waals surface area contributed by atoms with Crippen LogP contribution in [0.25, 0.3) is 0 Å². The Hall–Kier alpha value is -0.0800. The maximum absolute atomic E-state index is 2.68. The lowest BCUT2D eigenvalue weighted by Gasteiger charge is -2.56. The molecule has 0 atom stereocenters. The van der Waals surface area contributed by atoms with Crippen molar-refractivity contribution in [2.75, 3.05) is 32.7 Å². The van der Waals surface area contributed by atoms with Gasteiger partial charge < -0.3 is 4.90 Å². The van der Waals surface area contributed by atoms with Crippen molar-refractivity contribution in [1.82, 2.24) is 9.80 Å². The minimum Gasteiger partial charge on any atom is -0.303 e. The molecule has 90 valence electrons. The molecule has 15 heavy (non-hydrogen) atoms. The molecule has 2 nitrogen and oxygen atoms in total. The van der Waals surface area contributed by atoms with Gasteiger partial charge in [0, 0.05) is 12.1 Å². The van der Waals surface area contributed by atoms with Crippen molar-refractivity contribution in [3.05, 3.63) is 0 Å². The van der Waals surface area contributed by atoms with Crippen LogP contribution >= 0.6 is 0 Å². The highest BCUT2D eigenvalue weighted by molar-refractivity contribution is 5.02. The fourth-order valence-electron chi connectivity index (χ4n) is 2.93. The summed E-state index contributed by atoms with van der Waals surface area (Å²) in [5.74, 6) is 0. The van der Waals surface area contributed by atoms with Crippen LogP contribution in [-0.2, 0) is 0 Å². The van der Waals surface area contributed by atoms with E-state index in [0.717, 1.165) is 0 Å². The van der Waals surface area contributed by atoms with Gasteiger partial charge in [-0.3, -0.25) is 4.90 Å². The standard InChI is InChI=1S/C11H22N2.C2H6/c1-3-12-8-5-11(6-9-12)7-10-13(11)4-2;1-2/h3-10H2,1-2H3;1-2H3. The lowest BCUT2D eigenvalue weighted by Crippen LogP contribution is -2.63. The molecule has 2 fully saturated rings. The fraction of sp³-hybridized carbons (Fsp3) is 1.00. The first kappa shape index (κ1) is 13.0. The summed E-state index contributed by atoms with van der Waals surface area (Å²) in [7, 11) is 0. The normalized spacial score (nSPS) is 25.6. The highest BCUT2D eigenvalue weighted by Crippen LogP contribution is 2.39. The van der Waals surface area contributed by atoms with Crippen molar-refractivity contribution in [1.29, 1.82) is 0 Å². The molecule has 0 aliphatic carbocycles.